The molecular formula is C16H19N3O3. The molecule has 2 amide bonds. The van der Waals surface area contributed by atoms with E-state index < -0.39 is 11.4 Å². The van der Waals surface area contributed by atoms with E-state index in [-0.39, 0.29) is 11.7 Å². The molecule has 0 atom stereocenters. The fraction of sp³-hybridized carbons (Fsp3) is 0.438. The van der Waals surface area contributed by atoms with Crippen LogP contribution in [-0.2, 0) is 4.79 Å². The van der Waals surface area contributed by atoms with Crippen LogP contribution in [-0.4, -0.2) is 34.3 Å². The number of fused-ring (bicyclic) bond motifs is 1. The number of pyridine rings is 1. The van der Waals surface area contributed by atoms with E-state index in [2.05, 4.69) is 4.98 Å². The SMILES string of the molecule is Cc1ccc2oc(C(=O)N(C)C3(C(N)=O)CCCC3)cc2n1. The zero-order valence-corrected chi connectivity index (χ0v) is 12.8. The van der Waals surface area contributed by atoms with Gasteiger partial charge in [0.25, 0.3) is 5.91 Å². The van der Waals surface area contributed by atoms with E-state index in [1.54, 1.807) is 19.2 Å². The van der Waals surface area contributed by atoms with Gasteiger partial charge in [-0.1, -0.05) is 12.8 Å². The normalized spacial score (nSPS) is 16.8. The summed E-state index contributed by atoms with van der Waals surface area (Å²) in [7, 11) is 1.62. The zero-order chi connectivity index (χ0) is 15.9. The summed E-state index contributed by atoms with van der Waals surface area (Å²) in [6.45, 7) is 1.88. The number of rotatable bonds is 3. The first-order chi connectivity index (χ1) is 10.4. The van der Waals surface area contributed by atoms with E-state index >= 15 is 0 Å². The van der Waals surface area contributed by atoms with Crippen molar-refractivity contribution in [2.45, 2.75) is 38.1 Å². The molecule has 0 aliphatic heterocycles. The summed E-state index contributed by atoms with van der Waals surface area (Å²) >= 11 is 0. The summed E-state index contributed by atoms with van der Waals surface area (Å²) in [5.41, 5.74) is 6.71. The lowest BCUT2D eigenvalue weighted by molar-refractivity contribution is -0.127. The number of furan rings is 1. The van der Waals surface area contributed by atoms with E-state index in [1.165, 1.54) is 4.90 Å². The fourth-order valence-electron chi connectivity index (χ4n) is 3.20. The minimum absolute atomic E-state index is 0.183. The van der Waals surface area contributed by atoms with Gasteiger partial charge in [0.2, 0.25) is 5.91 Å². The van der Waals surface area contributed by atoms with Gasteiger partial charge in [-0.3, -0.25) is 9.59 Å². The maximum absolute atomic E-state index is 12.7. The van der Waals surface area contributed by atoms with E-state index in [1.807, 2.05) is 13.0 Å². The van der Waals surface area contributed by atoms with Crippen molar-refractivity contribution >= 4 is 22.9 Å². The Morgan fingerprint density at radius 3 is 2.64 bits per heavy atom. The van der Waals surface area contributed by atoms with Gasteiger partial charge in [-0.15, -0.1) is 0 Å². The number of carbonyl (C=O) groups excluding carboxylic acids is 2. The molecule has 0 spiro atoms. The first-order valence-corrected chi connectivity index (χ1v) is 7.39. The molecule has 2 heterocycles. The molecule has 2 aromatic rings. The fourth-order valence-corrected chi connectivity index (χ4v) is 3.20. The van der Waals surface area contributed by atoms with Crippen molar-refractivity contribution in [3.05, 3.63) is 29.7 Å². The van der Waals surface area contributed by atoms with Gasteiger partial charge < -0.3 is 15.1 Å². The van der Waals surface area contributed by atoms with Gasteiger partial charge in [-0.05, 0) is 31.9 Å². The molecule has 0 saturated heterocycles. The van der Waals surface area contributed by atoms with E-state index in [0.29, 0.717) is 23.9 Å². The molecule has 0 radical (unpaired) electrons. The van der Waals surface area contributed by atoms with Crippen LogP contribution in [0.4, 0.5) is 0 Å². The monoisotopic (exact) mass is 301 g/mol. The van der Waals surface area contributed by atoms with E-state index in [0.717, 1.165) is 18.5 Å². The topological polar surface area (TPSA) is 89.4 Å². The van der Waals surface area contributed by atoms with Gasteiger partial charge in [0.05, 0.1) is 0 Å². The third-order valence-corrected chi connectivity index (χ3v) is 4.56. The number of aromatic nitrogens is 1. The van der Waals surface area contributed by atoms with Crippen LogP contribution in [0, 0.1) is 6.92 Å². The standard InChI is InChI=1S/C16H19N3O3/c1-10-5-6-12-11(18-10)9-13(22-12)14(20)19(2)16(15(17)21)7-3-4-8-16/h5-6,9H,3-4,7-8H2,1-2H3,(H2,17,21). The Hall–Kier alpha value is -2.37. The van der Waals surface area contributed by atoms with Crippen LogP contribution in [0.15, 0.2) is 22.6 Å². The van der Waals surface area contributed by atoms with Gasteiger partial charge in [0.1, 0.15) is 11.1 Å². The average molecular weight is 301 g/mol. The van der Waals surface area contributed by atoms with Crippen LogP contribution in [0.3, 0.4) is 0 Å². The van der Waals surface area contributed by atoms with Crippen LogP contribution in [0.5, 0.6) is 0 Å². The second kappa shape index (κ2) is 5.12. The van der Waals surface area contributed by atoms with Crippen molar-refractivity contribution in [2.24, 2.45) is 5.73 Å². The molecule has 0 aromatic carbocycles. The Bertz CT molecular complexity index is 744. The molecule has 1 aliphatic rings. The summed E-state index contributed by atoms with van der Waals surface area (Å²) in [5.74, 6) is -0.606. The highest BCUT2D eigenvalue weighted by Crippen LogP contribution is 2.35. The molecule has 6 nitrogen and oxygen atoms in total. The van der Waals surface area contributed by atoms with Crippen LogP contribution in [0.25, 0.3) is 11.1 Å². The number of likely N-dealkylation sites (N-methyl/N-ethyl adjacent to an activating group) is 1. The third kappa shape index (κ3) is 2.15. The Labute approximate surface area is 128 Å². The van der Waals surface area contributed by atoms with E-state index in [9.17, 15) is 9.59 Å². The first kappa shape index (κ1) is 14.6. The molecule has 0 bridgehead atoms. The van der Waals surface area contributed by atoms with Gasteiger partial charge in [0.15, 0.2) is 11.3 Å². The molecule has 6 heteroatoms. The number of nitrogens with zero attached hydrogens (tertiary/aromatic N) is 2. The summed E-state index contributed by atoms with van der Waals surface area (Å²) in [4.78, 5) is 30.4. The average Bonchev–Trinajstić information content (AvgIpc) is 3.12. The van der Waals surface area contributed by atoms with Gasteiger partial charge in [-0.25, -0.2) is 4.98 Å². The molecule has 2 aromatic heterocycles. The minimum Gasteiger partial charge on any atom is -0.449 e. The highest BCUT2D eigenvalue weighted by Gasteiger charge is 2.46. The molecule has 0 unspecified atom stereocenters. The lowest BCUT2D eigenvalue weighted by Crippen LogP contribution is -2.56. The number of nitrogens with two attached hydrogens (primary N) is 1. The number of carbonyl (C=O) groups is 2. The molecule has 22 heavy (non-hydrogen) atoms. The molecule has 3 rings (SSSR count). The highest BCUT2D eigenvalue weighted by atomic mass is 16.3. The van der Waals surface area contributed by atoms with Crippen molar-refractivity contribution in [3.8, 4) is 0 Å². The summed E-state index contributed by atoms with van der Waals surface area (Å²) in [5, 5.41) is 0. The van der Waals surface area contributed by atoms with Crippen molar-refractivity contribution in [1.82, 2.24) is 9.88 Å². The number of hydrogen-bond donors (Lipinski definition) is 1. The van der Waals surface area contributed by atoms with Crippen molar-refractivity contribution < 1.29 is 14.0 Å². The zero-order valence-electron chi connectivity index (χ0n) is 12.8. The van der Waals surface area contributed by atoms with Gasteiger partial charge >= 0.3 is 0 Å². The van der Waals surface area contributed by atoms with Crippen LogP contribution >= 0.6 is 0 Å². The second-order valence-electron chi connectivity index (χ2n) is 5.91. The molecule has 116 valence electrons. The first-order valence-electron chi connectivity index (χ1n) is 7.39. The second-order valence-corrected chi connectivity index (χ2v) is 5.91. The maximum Gasteiger partial charge on any atom is 0.290 e. The molecule has 1 aliphatic carbocycles. The summed E-state index contributed by atoms with van der Waals surface area (Å²) < 4.78 is 5.58. The number of amides is 2. The quantitative estimate of drug-likeness (QED) is 0.939. The predicted octanol–water partition coefficient (Wildman–Crippen LogP) is 2.01. The lowest BCUT2D eigenvalue weighted by atomic mass is 9.94. The molecular weight excluding hydrogens is 282 g/mol. The molecule has 1 saturated carbocycles. The van der Waals surface area contributed by atoms with Crippen molar-refractivity contribution in [1.29, 1.82) is 0 Å². The number of hydrogen-bond acceptors (Lipinski definition) is 4. The maximum atomic E-state index is 12.7. The van der Waals surface area contributed by atoms with Gasteiger partial charge in [0, 0.05) is 18.8 Å². The Morgan fingerprint density at radius 2 is 2.00 bits per heavy atom. The number of aryl methyl sites for hydroxylation is 1. The van der Waals surface area contributed by atoms with Gasteiger partial charge in [-0.2, -0.15) is 0 Å². The summed E-state index contributed by atoms with van der Waals surface area (Å²) in [6.07, 6.45) is 2.98. The minimum atomic E-state index is -0.903. The Balaban J connectivity index is 1.96. The molecule has 1 fully saturated rings. The third-order valence-electron chi connectivity index (χ3n) is 4.56. The van der Waals surface area contributed by atoms with Crippen LogP contribution in [0.1, 0.15) is 41.9 Å². The smallest absolute Gasteiger partial charge is 0.290 e. The largest absolute Gasteiger partial charge is 0.449 e. The lowest BCUT2D eigenvalue weighted by Gasteiger charge is -2.35. The van der Waals surface area contributed by atoms with Crippen molar-refractivity contribution in [3.63, 3.8) is 0 Å². The highest BCUT2D eigenvalue weighted by molar-refractivity contribution is 5.99. The Morgan fingerprint density at radius 1 is 1.32 bits per heavy atom. The number of primary amides is 1. The summed E-state index contributed by atoms with van der Waals surface area (Å²) in [6, 6.07) is 5.23. The van der Waals surface area contributed by atoms with Crippen LogP contribution < -0.4 is 5.73 Å². The van der Waals surface area contributed by atoms with Crippen molar-refractivity contribution in [2.75, 3.05) is 7.05 Å². The van der Waals surface area contributed by atoms with E-state index in [4.69, 9.17) is 10.2 Å². The predicted molar refractivity (Wildman–Crippen MR) is 81.2 cm³/mol. The van der Waals surface area contributed by atoms with Crippen LogP contribution in [0.2, 0.25) is 0 Å². The Kier molecular flexibility index (Phi) is 3.39. The molecule has 2 N–H and O–H groups in total.